The molecule has 8 nitrogen and oxygen atoms in total. The Labute approximate surface area is 202 Å². The summed E-state index contributed by atoms with van der Waals surface area (Å²) in [5.41, 5.74) is 2.26. The molecule has 2 aromatic heterocycles. The van der Waals surface area contributed by atoms with E-state index in [2.05, 4.69) is 44.5 Å². The molecule has 3 heterocycles. The van der Waals surface area contributed by atoms with Gasteiger partial charge in [0.2, 0.25) is 0 Å². The second-order valence-corrected chi connectivity index (χ2v) is 8.93. The molecule has 35 heavy (non-hydrogen) atoms. The number of nitrogens with one attached hydrogen (secondary N) is 2. The second kappa shape index (κ2) is 10.1. The summed E-state index contributed by atoms with van der Waals surface area (Å²) in [6.07, 6.45) is 3.42. The molecule has 0 bridgehead atoms. The van der Waals surface area contributed by atoms with Crippen molar-refractivity contribution in [2.45, 2.75) is 32.0 Å². The van der Waals surface area contributed by atoms with Gasteiger partial charge in [-0.3, -0.25) is 23.9 Å². The van der Waals surface area contributed by atoms with Crippen LogP contribution in [0, 0.1) is 0 Å². The number of aromatic nitrogens is 3. The Morgan fingerprint density at radius 2 is 1.63 bits per heavy atom. The number of benzene rings is 2. The summed E-state index contributed by atoms with van der Waals surface area (Å²) in [7, 11) is 0. The largest absolute Gasteiger partial charge is 0.349 e. The topological polar surface area (TPSA) is 100 Å². The highest BCUT2D eigenvalue weighted by atomic mass is 16.2. The van der Waals surface area contributed by atoms with Crippen LogP contribution in [0.4, 0.5) is 0 Å². The third-order valence-corrected chi connectivity index (χ3v) is 6.46. The number of rotatable bonds is 6. The lowest BCUT2D eigenvalue weighted by Crippen LogP contribution is -2.44. The highest BCUT2D eigenvalue weighted by molar-refractivity contribution is 5.94. The van der Waals surface area contributed by atoms with Crippen LogP contribution in [0.15, 0.2) is 82.5 Å². The molecule has 178 valence electrons. The van der Waals surface area contributed by atoms with Crippen molar-refractivity contribution in [3.05, 3.63) is 110 Å². The van der Waals surface area contributed by atoms with E-state index in [1.807, 2.05) is 6.07 Å². The zero-order valence-electron chi connectivity index (χ0n) is 19.3. The number of likely N-dealkylation sites (tertiary alicyclic amines) is 1. The molecule has 0 spiro atoms. The van der Waals surface area contributed by atoms with Crippen molar-refractivity contribution in [3.63, 3.8) is 0 Å². The van der Waals surface area contributed by atoms with E-state index < -0.39 is 11.1 Å². The average Bonchev–Trinajstić information content (AvgIpc) is 2.89. The molecular formula is C27H27N5O3. The predicted octanol–water partition coefficient (Wildman–Crippen LogP) is 2.53. The van der Waals surface area contributed by atoms with Crippen molar-refractivity contribution in [1.82, 2.24) is 24.8 Å². The summed E-state index contributed by atoms with van der Waals surface area (Å²) >= 11 is 0. The summed E-state index contributed by atoms with van der Waals surface area (Å²) in [5, 5.41) is 3.15. The monoisotopic (exact) mass is 469 g/mol. The first-order chi connectivity index (χ1) is 17.1. The fourth-order valence-corrected chi connectivity index (χ4v) is 4.54. The maximum atomic E-state index is 12.8. The van der Waals surface area contributed by atoms with Gasteiger partial charge in [-0.25, -0.2) is 4.98 Å². The molecule has 0 radical (unpaired) electrons. The Bertz CT molecular complexity index is 1440. The number of pyridine rings is 1. The number of fused-ring (bicyclic) bond motifs is 1. The molecule has 0 saturated carbocycles. The number of carbonyl (C=O) groups excluding carboxylic acids is 1. The number of carbonyl (C=O) groups is 1. The molecule has 8 heteroatoms. The average molecular weight is 470 g/mol. The van der Waals surface area contributed by atoms with Gasteiger partial charge >= 0.3 is 11.1 Å². The van der Waals surface area contributed by atoms with E-state index in [0.29, 0.717) is 16.7 Å². The minimum Gasteiger partial charge on any atom is -0.349 e. The highest BCUT2D eigenvalue weighted by Crippen LogP contribution is 2.15. The first-order valence-corrected chi connectivity index (χ1v) is 11.8. The van der Waals surface area contributed by atoms with Gasteiger partial charge in [0, 0.05) is 37.4 Å². The Morgan fingerprint density at radius 1 is 0.914 bits per heavy atom. The van der Waals surface area contributed by atoms with Gasteiger partial charge in [-0.15, -0.1) is 0 Å². The molecule has 0 aliphatic carbocycles. The third kappa shape index (κ3) is 5.22. The molecule has 1 aliphatic rings. The molecule has 1 amide bonds. The van der Waals surface area contributed by atoms with E-state index in [1.165, 1.54) is 10.1 Å². The SMILES string of the molecule is O=C(NC1CCN(Cc2ccccc2)CC1)c1ccc(Cn2c(=O)c(=O)[nH]c3cccnc32)cc1. The summed E-state index contributed by atoms with van der Waals surface area (Å²) < 4.78 is 1.35. The molecule has 4 aromatic rings. The van der Waals surface area contributed by atoms with Gasteiger partial charge in [0.1, 0.15) is 0 Å². The van der Waals surface area contributed by atoms with Crippen molar-refractivity contribution in [1.29, 1.82) is 0 Å². The number of nitrogens with zero attached hydrogens (tertiary/aromatic N) is 3. The molecule has 2 aromatic carbocycles. The molecule has 1 saturated heterocycles. The number of hydrogen-bond donors (Lipinski definition) is 2. The van der Waals surface area contributed by atoms with Gasteiger partial charge in [-0.2, -0.15) is 0 Å². The van der Waals surface area contributed by atoms with E-state index in [9.17, 15) is 14.4 Å². The van der Waals surface area contributed by atoms with E-state index in [0.717, 1.165) is 38.0 Å². The maximum Gasteiger partial charge on any atom is 0.318 e. The summed E-state index contributed by atoms with van der Waals surface area (Å²) in [6, 6.07) is 21.1. The van der Waals surface area contributed by atoms with Crippen molar-refractivity contribution in [2.24, 2.45) is 0 Å². The van der Waals surface area contributed by atoms with Crippen molar-refractivity contribution in [3.8, 4) is 0 Å². The van der Waals surface area contributed by atoms with E-state index in [4.69, 9.17) is 0 Å². The number of H-pyrrole nitrogens is 1. The lowest BCUT2D eigenvalue weighted by atomic mass is 10.0. The lowest BCUT2D eigenvalue weighted by Gasteiger charge is -2.32. The number of amides is 1. The standard InChI is InChI=1S/C27H27N5O3/c33-25(29-22-12-15-31(16-13-22)17-19-5-2-1-3-6-19)21-10-8-20(9-11-21)18-32-24-23(7-4-14-28-24)30-26(34)27(32)35/h1-11,14,22H,12-13,15-18H2,(H,29,33)(H,30,34). The Kier molecular flexibility index (Phi) is 6.54. The van der Waals surface area contributed by atoms with Gasteiger partial charge in [0.05, 0.1) is 12.1 Å². The lowest BCUT2D eigenvalue weighted by molar-refractivity contribution is 0.0909. The van der Waals surface area contributed by atoms with Gasteiger partial charge in [-0.1, -0.05) is 42.5 Å². The second-order valence-electron chi connectivity index (χ2n) is 8.93. The van der Waals surface area contributed by atoms with Crippen LogP contribution in [0.25, 0.3) is 11.2 Å². The molecule has 0 atom stereocenters. The minimum absolute atomic E-state index is 0.0986. The first-order valence-electron chi connectivity index (χ1n) is 11.8. The van der Waals surface area contributed by atoms with Gasteiger partial charge in [0.15, 0.2) is 5.65 Å². The fraction of sp³-hybridized carbons (Fsp3) is 0.259. The molecular weight excluding hydrogens is 442 g/mol. The third-order valence-electron chi connectivity index (χ3n) is 6.46. The van der Waals surface area contributed by atoms with Crippen LogP contribution in [0.2, 0.25) is 0 Å². The van der Waals surface area contributed by atoms with Crippen LogP contribution < -0.4 is 16.4 Å². The molecule has 1 aliphatic heterocycles. The van der Waals surface area contributed by atoms with Crippen LogP contribution in [0.1, 0.15) is 34.3 Å². The smallest absolute Gasteiger partial charge is 0.318 e. The Morgan fingerprint density at radius 3 is 2.37 bits per heavy atom. The van der Waals surface area contributed by atoms with Gasteiger partial charge in [-0.05, 0) is 48.2 Å². The number of piperidine rings is 1. The molecule has 2 N–H and O–H groups in total. The van der Waals surface area contributed by atoms with E-state index >= 15 is 0 Å². The minimum atomic E-state index is -0.684. The Hall–Kier alpha value is -4.04. The van der Waals surface area contributed by atoms with Crippen LogP contribution in [-0.2, 0) is 13.1 Å². The van der Waals surface area contributed by atoms with Gasteiger partial charge < -0.3 is 10.3 Å². The molecule has 0 unspecified atom stereocenters. The number of aromatic amines is 1. The number of hydrogen-bond acceptors (Lipinski definition) is 5. The summed E-state index contributed by atoms with van der Waals surface area (Å²) in [5.74, 6) is -0.0986. The predicted molar refractivity (Wildman–Crippen MR) is 134 cm³/mol. The van der Waals surface area contributed by atoms with E-state index in [-0.39, 0.29) is 18.5 Å². The summed E-state index contributed by atoms with van der Waals surface area (Å²) in [6.45, 7) is 3.03. The van der Waals surface area contributed by atoms with Crippen LogP contribution >= 0.6 is 0 Å². The van der Waals surface area contributed by atoms with Crippen LogP contribution in [-0.4, -0.2) is 44.5 Å². The van der Waals surface area contributed by atoms with Gasteiger partial charge in [0.25, 0.3) is 5.91 Å². The normalized spacial score (nSPS) is 14.7. The van der Waals surface area contributed by atoms with E-state index in [1.54, 1.807) is 42.6 Å². The van der Waals surface area contributed by atoms with Crippen LogP contribution in [0.5, 0.6) is 0 Å². The zero-order valence-corrected chi connectivity index (χ0v) is 19.3. The van der Waals surface area contributed by atoms with Crippen LogP contribution in [0.3, 0.4) is 0 Å². The molecule has 5 rings (SSSR count). The fourth-order valence-electron chi connectivity index (χ4n) is 4.54. The van der Waals surface area contributed by atoms with Crippen molar-refractivity contribution < 1.29 is 4.79 Å². The molecule has 1 fully saturated rings. The van der Waals surface area contributed by atoms with Crippen molar-refractivity contribution >= 4 is 17.1 Å². The zero-order chi connectivity index (χ0) is 24.2. The first kappa shape index (κ1) is 22.7. The quantitative estimate of drug-likeness (QED) is 0.423. The maximum absolute atomic E-state index is 12.8. The highest BCUT2D eigenvalue weighted by Gasteiger charge is 2.21. The Balaban J connectivity index is 1.20. The summed E-state index contributed by atoms with van der Waals surface area (Å²) in [4.78, 5) is 46.4. The van der Waals surface area contributed by atoms with Crippen molar-refractivity contribution in [2.75, 3.05) is 13.1 Å².